The molecule has 7 heteroatoms. The van der Waals surface area contributed by atoms with Gasteiger partial charge in [-0.25, -0.2) is 4.39 Å². The van der Waals surface area contributed by atoms with Gasteiger partial charge in [0.05, 0.1) is 5.69 Å². The zero-order valence-electron chi connectivity index (χ0n) is 14.3. The van der Waals surface area contributed by atoms with Gasteiger partial charge in [-0.05, 0) is 48.4 Å². The second-order valence-corrected chi connectivity index (χ2v) is 6.00. The van der Waals surface area contributed by atoms with Crippen LogP contribution in [0.15, 0.2) is 53.6 Å². The summed E-state index contributed by atoms with van der Waals surface area (Å²) in [7, 11) is 0. The van der Waals surface area contributed by atoms with Gasteiger partial charge < -0.3 is 11.1 Å². The fraction of sp³-hybridized carbons (Fsp3) is 0.211. The molecule has 0 aromatic heterocycles. The first kappa shape index (κ1) is 17.6. The first-order valence-electron chi connectivity index (χ1n) is 8.30. The minimum Gasteiger partial charge on any atom is -0.368 e. The number of hydrazone groups is 1. The van der Waals surface area contributed by atoms with Gasteiger partial charge in [0.25, 0.3) is 5.91 Å². The summed E-state index contributed by atoms with van der Waals surface area (Å²) in [5.74, 6) is -1.40. The maximum Gasteiger partial charge on any atom is 0.271 e. The van der Waals surface area contributed by atoms with E-state index in [9.17, 15) is 14.0 Å². The monoisotopic (exact) mass is 354 g/mol. The van der Waals surface area contributed by atoms with Crippen LogP contribution >= 0.6 is 0 Å². The van der Waals surface area contributed by atoms with Crippen molar-refractivity contribution in [3.05, 3.63) is 59.9 Å². The van der Waals surface area contributed by atoms with Crippen LogP contribution in [-0.2, 0) is 16.0 Å². The van der Waals surface area contributed by atoms with Crippen molar-refractivity contribution >= 4 is 28.9 Å². The summed E-state index contributed by atoms with van der Waals surface area (Å²) in [5.41, 5.74) is 7.89. The predicted octanol–water partition coefficient (Wildman–Crippen LogP) is 2.45. The van der Waals surface area contributed by atoms with Crippen LogP contribution in [0, 0.1) is 5.82 Å². The van der Waals surface area contributed by atoms with Crippen LogP contribution in [0.4, 0.5) is 15.8 Å². The number of rotatable bonds is 5. The molecule has 1 heterocycles. The molecule has 1 atom stereocenters. The van der Waals surface area contributed by atoms with Crippen molar-refractivity contribution in [2.75, 3.05) is 10.3 Å². The van der Waals surface area contributed by atoms with E-state index in [1.54, 1.807) is 6.07 Å². The minimum atomic E-state index is -0.789. The first-order valence-corrected chi connectivity index (χ1v) is 8.30. The molecule has 2 aromatic carbocycles. The summed E-state index contributed by atoms with van der Waals surface area (Å²) in [6.45, 7) is 2.03. The van der Waals surface area contributed by atoms with E-state index >= 15 is 0 Å². The van der Waals surface area contributed by atoms with Gasteiger partial charge in [-0.1, -0.05) is 19.1 Å². The molecule has 3 rings (SSSR count). The van der Waals surface area contributed by atoms with Crippen LogP contribution in [0.25, 0.3) is 0 Å². The topological polar surface area (TPSA) is 87.8 Å². The molecule has 1 aliphatic rings. The molecule has 0 radical (unpaired) electrons. The summed E-state index contributed by atoms with van der Waals surface area (Å²) in [6, 6.07) is 12.2. The molecule has 0 spiro atoms. The number of anilines is 2. The van der Waals surface area contributed by atoms with Crippen molar-refractivity contribution in [2.45, 2.75) is 25.8 Å². The lowest BCUT2D eigenvalue weighted by atomic mass is 10.1. The van der Waals surface area contributed by atoms with E-state index in [0.29, 0.717) is 11.4 Å². The second kappa shape index (κ2) is 7.35. The SMILES string of the molecule is CCc1cccc(NC(=O)C2=NN(c3ccc(F)cc3)[C@H](C(N)=O)C2)c1. The number of hydrogen-bond donors (Lipinski definition) is 2. The number of primary amides is 1. The predicted molar refractivity (Wildman–Crippen MR) is 98.4 cm³/mol. The van der Waals surface area contributed by atoms with Crippen LogP contribution in [-0.4, -0.2) is 23.6 Å². The molecule has 2 aromatic rings. The Morgan fingerprint density at radius 2 is 2.00 bits per heavy atom. The number of aryl methyl sites for hydroxylation is 1. The quantitative estimate of drug-likeness (QED) is 0.864. The second-order valence-electron chi connectivity index (χ2n) is 6.00. The van der Waals surface area contributed by atoms with E-state index in [1.807, 2.05) is 25.1 Å². The van der Waals surface area contributed by atoms with Crippen LogP contribution in [0.3, 0.4) is 0 Å². The van der Waals surface area contributed by atoms with Crippen molar-refractivity contribution in [1.82, 2.24) is 0 Å². The fourth-order valence-corrected chi connectivity index (χ4v) is 2.77. The highest BCUT2D eigenvalue weighted by Gasteiger charge is 2.35. The lowest BCUT2D eigenvalue weighted by Gasteiger charge is -2.20. The number of hydrogen-bond acceptors (Lipinski definition) is 4. The van der Waals surface area contributed by atoms with E-state index in [4.69, 9.17) is 5.73 Å². The average molecular weight is 354 g/mol. The summed E-state index contributed by atoms with van der Waals surface area (Å²) >= 11 is 0. The van der Waals surface area contributed by atoms with Crippen molar-refractivity contribution in [3.8, 4) is 0 Å². The molecule has 134 valence electrons. The third-order valence-corrected chi connectivity index (χ3v) is 4.19. The Morgan fingerprint density at radius 3 is 2.65 bits per heavy atom. The third kappa shape index (κ3) is 3.72. The average Bonchev–Trinajstić information content (AvgIpc) is 3.08. The van der Waals surface area contributed by atoms with Gasteiger partial charge in [-0.2, -0.15) is 5.10 Å². The Kier molecular flexibility index (Phi) is 4.97. The largest absolute Gasteiger partial charge is 0.368 e. The van der Waals surface area contributed by atoms with Gasteiger partial charge in [0.1, 0.15) is 17.6 Å². The Balaban J connectivity index is 1.82. The zero-order valence-corrected chi connectivity index (χ0v) is 14.3. The number of benzene rings is 2. The van der Waals surface area contributed by atoms with Crippen molar-refractivity contribution in [1.29, 1.82) is 0 Å². The lowest BCUT2D eigenvalue weighted by Crippen LogP contribution is -2.39. The highest BCUT2D eigenvalue weighted by atomic mass is 19.1. The first-order chi connectivity index (χ1) is 12.5. The van der Waals surface area contributed by atoms with Gasteiger partial charge in [0.15, 0.2) is 0 Å². The molecular weight excluding hydrogens is 335 g/mol. The maximum absolute atomic E-state index is 13.1. The van der Waals surface area contributed by atoms with E-state index < -0.39 is 23.7 Å². The molecule has 26 heavy (non-hydrogen) atoms. The number of nitrogens with zero attached hydrogens (tertiary/aromatic N) is 2. The molecule has 0 bridgehead atoms. The number of halogens is 1. The fourth-order valence-electron chi connectivity index (χ4n) is 2.77. The number of nitrogens with two attached hydrogens (primary N) is 1. The normalized spacial score (nSPS) is 16.3. The number of carbonyl (C=O) groups excluding carboxylic acids is 2. The Labute approximate surface area is 150 Å². The molecule has 0 saturated carbocycles. The Hall–Kier alpha value is -3.22. The molecule has 2 amide bonds. The van der Waals surface area contributed by atoms with Gasteiger partial charge in [-0.3, -0.25) is 14.6 Å². The molecule has 0 fully saturated rings. The Bertz CT molecular complexity index is 864. The molecule has 1 aliphatic heterocycles. The van der Waals surface area contributed by atoms with Crippen molar-refractivity contribution in [3.63, 3.8) is 0 Å². The van der Waals surface area contributed by atoms with Crippen LogP contribution in [0.1, 0.15) is 18.9 Å². The highest BCUT2D eigenvalue weighted by molar-refractivity contribution is 6.44. The lowest BCUT2D eigenvalue weighted by molar-refractivity contribution is -0.119. The van der Waals surface area contributed by atoms with Crippen LogP contribution < -0.4 is 16.1 Å². The maximum atomic E-state index is 13.1. The summed E-state index contributed by atoms with van der Waals surface area (Å²) in [4.78, 5) is 24.3. The van der Waals surface area contributed by atoms with Crippen molar-refractivity contribution in [2.24, 2.45) is 10.8 Å². The number of amides is 2. The molecule has 3 N–H and O–H groups in total. The van der Waals surface area contributed by atoms with Gasteiger partial charge in [-0.15, -0.1) is 0 Å². The van der Waals surface area contributed by atoms with E-state index in [2.05, 4.69) is 10.4 Å². The smallest absolute Gasteiger partial charge is 0.271 e. The summed E-state index contributed by atoms with van der Waals surface area (Å²) in [5, 5.41) is 8.39. The molecule has 0 aliphatic carbocycles. The van der Waals surface area contributed by atoms with E-state index in [1.165, 1.54) is 29.3 Å². The summed E-state index contributed by atoms with van der Waals surface area (Å²) < 4.78 is 13.1. The number of nitrogens with one attached hydrogen (secondary N) is 1. The molecule has 6 nitrogen and oxygen atoms in total. The van der Waals surface area contributed by atoms with Crippen LogP contribution in [0.2, 0.25) is 0 Å². The van der Waals surface area contributed by atoms with Gasteiger partial charge in [0, 0.05) is 12.1 Å². The van der Waals surface area contributed by atoms with Gasteiger partial charge in [0.2, 0.25) is 5.91 Å². The molecule has 0 unspecified atom stereocenters. The molecular formula is C19H19FN4O2. The summed E-state index contributed by atoms with van der Waals surface area (Å²) in [6.07, 6.45) is 0.943. The Morgan fingerprint density at radius 1 is 1.27 bits per heavy atom. The van der Waals surface area contributed by atoms with E-state index in [0.717, 1.165) is 12.0 Å². The van der Waals surface area contributed by atoms with Crippen LogP contribution in [0.5, 0.6) is 0 Å². The standard InChI is InChI=1S/C19H19FN4O2/c1-2-12-4-3-5-14(10-12)22-19(26)16-11-17(18(21)25)24(23-16)15-8-6-13(20)7-9-15/h3-10,17H,2,11H2,1H3,(H2,21,25)(H,22,26)/t17-/m0/s1. The minimum absolute atomic E-state index is 0.0893. The number of carbonyl (C=O) groups is 2. The van der Waals surface area contributed by atoms with Gasteiger partial charge >= 0.3 is 0 Å². The molecule has 0 saturated heterocycles. The zero-order chi connectivity index (χ0) is 18.7. The van der Waals surface area contributed by atoms with Crippen molar-refractivity contribution < 1.29 is 14.0 Å². The van der Waals surface area contributed by atoms with E-state index in [-0.39, 0.29) is 12.1 Å². The third-order valence-electron chi connectivity index (χ3n) is 4.19. The highest BCUT2D eigenvalue weighted by Crippen LogP contribution is 2.25.